The van der Waals surface area contributed by atoms with Crippen molar-refractivity contribution in [3.8, 4) is 0 Å². The number of rotatable bonds is 3. The quantitative estimate of drug-likeness (QED) is 0.711. The maximum Gasteiger partial charge on any atom is 0.291 e. The molecule has 0 saturated carbocycles. The van der Waals surface area contributed by atoms with E-state index in [1.807, 2.05) is 18.2 Å². The van der Waals surface area contributed by atoms with Crippen molar-refractivity contribution in [2.75, 3.05) is 12.4 Å². The van der Waals surface area contributed by atoms with Gasteiger partial charge in [-0.25, -0.2) is 0 Å². The average Bonchev–Trinajstić information content (AvgIpc) is 3.02. The summed E-state index contributed by atoms with van der Waals surface area (Å²) in [6, 6.07) is 12.5. The van der Waals surface area contributed by atoms with Crippen LogP contribution in [0.3, 0.4) is 0 Å². The molecule has 0 bridgehead atoms. The summed E-state index contributed by atoms with van der Waals surface area (Å²) in [5.41, 5.74) is 2.41. The minimum atomic E-state index is -0.366. The minimum absolute atomic E-state index is 0.198. The Morgan fingerprint density at radius 3 is 2.54 bits per heavy atom. The molecule has 0 atom stereocenters. The first-order valence-electron chi connectivity index (χ1n) is 7.32. The highest BCUT2D eigenvalue weighted by atomic mass is 79.9. The lowest BCUT2D eigenvalue weighted by Gasteiger charge is -2.10. The zero-order chi connectivity index (χ0) is 17.3. The molecule has 0 spiro atoms. The third-order valence-corrected chi connectivity index (χ3v) is 4.40. The van der Waals surface area contributed by atoms with E-state index in [1.165, 1.54) is 0 Å². The van der Waals surface area contributed by atoms with Crippen LogP contribution in [0.25, 0.3) is 11.0 Å². The number of furan rings is 1. The second-order valence-electron chi connectivity index (χ2n) is 5.28. The van der Waals surface area contributed by atoms with Gasteiger partial charge >= 0.3 is 0 Å². The molecule has 0 radical (unpaired) electrons. The van der Waals surface area contributed by atoms with Gasteiger partial charge in [-0.05, 0) is 52.7 Å². The lowest BCUT2D eigenvalue weighted by Crippen LogP contribution is -2.20. The third-order valence-electron chi connectivity index (χ3n) is 3.77. The molecule has 3 aromatic rings. The van der Waals surface area contributed by atoms with E-state index >= 15 is 0 Å². The molecule has 0 saturated heterocycles. The van der Waals surface area contributed by atoms with E-state index in [2.05, 4.69) is 26.6 Å². The first-order valence-corrected chi connectivity index (χ1v) is 8.11. The standard InChI is InChI=1S/C18H15BrN2O3/c1-10-12(17(22)20-2)6-4-8-14(10)21-18(23)15-9-11-5-3-7-13(19)16(11)24-15/h3-9H,1-2H3,(H,20,22)(H,21,23). The van der Waals surface area contributed by atoms with Gasteiger partial charge in [0.1, 0.15) is 5.58 Å². The van der Waals surface area contributed by atoms with E-state index < -0.39 is 0 Å². The number of benzene rings is 2. The van der Waals surface area contributed by atoms with Crippen LogP contribution in [0, 0.1) is 6.92 Å². The van der Waals surface area contributed by atoms with Gasteiger partial charge in [0.25, 0.3) is 11.8 Å². The Morgan fingerprint density at radius 2 is 1.83 bits per heavy atom. The van der Waals surface area contributed by atoms with Crippen LogP contribution < -0.4 is 10.6 Å². The van der Waals surface area contributed by atoms with Crippen LogP contribution >= 0.6 is 15.9 Å². The molecule has 5 nitrogen and oxygen atoms in total. The topological polar surface area (TPSA) is 71.3 Å². The number of nitrogens with one attached hydrogen (secondary N) is 2. The normalized spacial score (nSPS) is 10.6. The van der Waals surface area contributed by atoms with Crippen LogP contribution in [0.1, 0.15) is 26.5 Å². The van der Waals surface area contributed by atoms with Crippen molar-refractivity contribution in [2.24, 2.45) is 0 Å². The predicted molar refractivity (Wildman–Crippen MR) is 96.4 cm³/mol. The summed E-state index contributed by atoms with van der Waals surface area (Å²) >= 11 is 3.40. The van der Waals surface area contributed by atoms with Crippen molar-refractivity contribution < 1.29 is 14.0 Å². The first kappa shape index (κ1) is 16.3. The second-order valence-corrected chi connectivity index (χ2v) is 6.13. The molecule has 1 aromatic heterocycles. The van der Waals surface area contributed by atoms with Gasteiger partial charge < -0.3 is 15.1 Å². The fourth-order valence-electron chi connectivity index (χ4n) is 2.48. The van der Waals surface area contributed by atoms with Gasteiger partial charge in [0.2, 0.25) is 0 Å². The van der Waals surface area contributed by atoms with Gasteiger partial charge in [0, 0.05) is 23.7 Å². The fraction of sp³-hybridized carbons (Fsp3) is 0.111. The molecule has 1 heterocycles. The molecule has 0 fully saturated rings. The van der Waals surface area contributed by atoms with Crippen molar-refractivity contribution in [1.82, 2.24) is 5.32 Å². The van der Waals surface area contributed by atoms with E-state index in [4.69, 9.17) is 4.42 Å². The monoisotopic (exact) mass is 386 g/mol. The highest BCUT2D eigenvalue weighted by Gasteiger charge is 2.16. The highest BCUT2D eigenvalue weighted by Crippen LogP contribution is 2.28. The van der Waals surface area contributed by atoms with Gasteiger partial charge in [0.15, 0.2) is 5.76 Å². The Balaban J connectivity index is 1.92. The molecule has 0 aliphatic carbocycles. The minimum Gasteiger partial charge on any atom is -0.450 e. The Kier molecular flexibility index (Phi) is 4.40. The van der Waals surface area contributed by atoms with Crippen LogP contribution in [0.4, 0.5) is 5.69 Å². The molecule has 122 valence electrons. The van der Waals surface area contributed by atoms with Crippen LogP contribution in [0.5, 0.6) is 0 Å². The van der Waals surface area contributed by atoms with E-state index in [9.17, 15) is 9.59 Å². The number of carbonyl (C=O) groups is 2. The summed E-state index contributed by atoms with van der Waals surface area (Å²) in [6.07, 6.45) is 0. The molecule has 6 heteroatoms. The van der Waals surface area contributed by atoms with E-state index in [-0.39, 0.29) is 17.6 Å². The summed E-state index contributed by atoms with van der Waals surface area (Å²) in [7, 11) is 1.57. The number of hydrogen-bond acceptors (Lipinski definition) is 3. The zero-order valence-corrected chi connectivity index (χ0v) is 14.7. The molecular weight excluding hydrogens is 372 g/mol. The summed E-state index contributed by atoms with van der Waals surface area (Å²) in [6.45, 7) is 1.79. The zero-order valence-electron chi connectivity index (χ0n) is 13.1. The number of hydrogen-bond donors (Lipinski definition) is 2. The lowest BCUT2D eigenvalue weighted by molar-refractivity contribution is 0.0960. The fourth-order valence-corrected chi connectivity index (χ4v) is 2.94. The molecule has 3 rings (SSSR count). The predicted octanol–water partition coefficient (Wildman–Crippen LogP) is 4.12. The Labute approximate surface area is 147 Å². The largest absolute Gasteiger partial charge is 0.450 e. The summed E-state index contributed by atoms with van der Waals surface area (Å²) in [4.78, 5) is 24.3. The lowest BCUT2D eigenvalue weighted by atomic mass is 10.1. The van der Waals surface area contributed by atoms with Gasteiger partial charge in [-0.1, -0.05) is 18.2 Å². The van der Waals surface area contributed by atoms with Gasteiger partial charge in [-0.15, -0.1) is 0 Å². The molecule has 2 aromatic carbocycles. The number of anilines is 1. The molecule has 0 aliphatic heterocycles. The third kappa shape index (κ3) is 2.92. The van der Waals surface area contributed by atoms with Crippen LogP contribution in [-0.2, 0) is 0 Å². The van der Waals surface area contributed by atoms with Gasteiger partial charge in [-0.2, -0.15) is 0 Å². The smallest absolute Gasteiger partial charge is 0.291 e. The van der Waals surface area contributed by atoms with Crippen molar-refractivity contribution >= 4 is 44.4 Å². The first-order chi connectivity index (χ1) is 11.5. The molecular formula is C18H15BrN2O3. The van der Waals surface area contributed by atoms with Crippen molar-refractivity contribution in [3.05, 3.63) is 63.8 Å². The molecule has 2 amide bonds. The maximum absolute atomic E-state index is 12.5. The van der Waals surface area contributed by atoms with Crippen molar-refractivity contribution in [2.45, 2.75) is 6.92 Å². The van der Waals surface area contributed by atoms with Crippen LogP contribution in [0.2, 0.25) is 0 Å². The Hall–Kier alpha value is -2.60. The average molecular weight is 387 g/mol. The number of carbonyl (C=O) groups excluding carboxylic acids is 2. The number of para-hydroxylation sites is 1. The molecule has 24 heavy (non-hydrogen) atoms. The van der Waals surface area contributed by atoms with Crippen molar-refractivity contribution in [3.63, 3.8) is 0 Å². The number of halogens is 1. The second kappa shape index (κ2) is 6.49. The molecule has 0 aliphatic rings. The van der Waals surface area contributed by atoms with E-state index in [1.54, 1.807) is 38.2 Å². The summed E-state index contributed by atoms with van der Waals surface area (Å²) in [5.74, 6) is -0.354. The van der Waals surface area contributed by atoms with Gasteiger partial charge in [0.05, 0.1) is 4.47 Å². The summed E-state index contributed by atoms with van der Waals surface area (Å²) < 4.78 is 6.42. The SMILES string of the molecule is CNC(=O)c1cccc(NC(=O)c2cc3cccc(Br)c3o2)c1C. The van der Waals surface area contributed by atoms with Crippen LogP contribution in [0.15, 0.2) is 51.4 Å². The number of fused-ring (bicyclic) bond motifs is 1. The molecule has 2 N–H and O–H groups in total. The van der Waals surface area contributed by atoms with Crippen molar-refractivity contribution in [1.29, 1.82) is 0 Å². The maximum atomic E-state index is 12.5. The Morgan fingerprint density at radius 1 is 1.08 bits per heavy atom. The molecule has 0 unspecified atom stereocenters. The van der Waals surface area contributed by atoms with E-state index in [0.29, 0.717) is 22.4 Å². The van der Waals surface area contributed by atoms with Gasteiger partial charge in [-0.3, -0.25) is 9.59 Å². The van der Waals surface area contributed by atoms with E-state index in [0.717, 1.165) is 9.86 Å². The number of amides is 2. The Bertz CT molecular complexity index is 947. The highest BCUT2D eigenvalue weighted by molar-refractivity contribution is 9.10. The summed E-state index contributed by atoms with van der Waals surface area (Å²) in [5, 5.41) is 6.22. The van der Waals surface area contributed by atoms with Crippen LogP contribution in [-0.4, -0.2) is 18.9 Å².